The van der Waals surface area contributed by atoms with Gasteiger partial charge in [-0.1, -0.05) is 51.8 Å². The number of alkyl halides is 1. The predicted molar refractivity (Wildman–Crippen MR) is 100 cm³/mol. The molecule has 0 radical (unpaired) electrons. The number of hydrogen-bond donors (Lipinski definition) is 2. The third kappa shape index (κ3) is 3.32. The summed E-state index contributed by atoms with van der Waals surface area (Å²) in [6, 6.07) is 6.73. The van der Waals surface area contributed by atoms with Crippen molar-refractivity contribution in [2.75, 3.05) is 5.33 Å². The zero-order chi connectivity index (χ0) is 18.1. The van der Waals surface area contributed by atoms with Crippen molar-refractivity contribution < 1.29 is 19.8 Å². The van der Waals surface area contributed by atoms with Gasteiger partial charge in [0.15, 0.2) is 0 Å². The van der Waals surface area contributed by atoms with Gasteiger partial charge in [0.1, 0.15) is 0 Å². The van der Waals surface area contributed by atoms with Crippen LogP contribution in [0.3, 0.4) is 0 Å². The van der Waals surface area contributed by atoms with E-state index in [0.29, 0.717) is 32.4 Å². The van der Waals surface area contributed by atoms with Crippen LogP contribution < -0.4 is 0 Å². The van der Waals surface area contributed by atoms with Crippen LogP contribution in [0.4, 0.5) is 0 Å². The molecule has 2 N–H and O–H groups in total. The highest BCUT2D eigenvalue weighted by Crippen LogP contribution is 2.52. The van der Waals surface area contributed by atoms with E-state index in [0.717, 1.165) is 0 Å². The van der Waals surface area contributed by atoms with E-state index in [9.17, 15) is 19.8 Å². The average molecular weight is 479 g/mol. The molecule has 0 saturated heterocycles. The van der Waals surface area contributed by atoms with Gasteiger partial charge in [0.2, 0.25) is 0 Å². The van der Waals surface area contributed by atoms with Crippen LogP contribution in [0, 0.1) is 5.41 Å². The third-order valence-corrected chi connectivity index (χ3v) is 5.83. The van der Waals surface area contributed by atoms with E-state index in [1.807, 2.05) is 0 Å². The highest BCUT2D eigenvalue weighted by atomic mass is 79.9. The number of allylic oxidation sites excluding steroid dienone is 2. The molecule has 1 aliphatic carbocycles. The minimum atomic E-state index is -1.42. The van der Waals surface area contributed by atoms with Gasteiger partial charge in [-0.05, 0) is 46.5 Å². The van der Waals surface area contributed by atoms with Gasteiger partial charge < -0.3 is 10.2 Å². The Labute approximate surface area is 161 Å². The highest BCUT2D eigenvalue weighted by Gasteiger charge is 2.49. The summed E-state index contributed by atoms with van der Waals surface area (Å²) >= 11 is 12.9. The molecule has 0 aliphatic heterocycles. The van der Waals surface area contributed by atoms with Crippen molar-refractivity contribution in [1.29, 1.82) is 0 Å². The molecule has 7 heteroatoms. The first-order chi connectivity index (χ1) is 11.2. The fraction of sp³-hybridized carbons (Fsp3) is 0.294. The first-order valence-corrected chi connectivity index (χ1v) is 9.42. The third-order valence-electron chi connectivity index (χ3n) is 4.15. The summed E-state index contributed by atoms with van der Waals surface area (Å²) in [5.41, 5.74) is -0.287. The number of carboxylic acids is 2. The summed E-state index contributed by atoms with van der Waals surface area (Å²) in [5, 5.41) is 20.6. The van der Waals surface area contributed by atoms with Crippen molar-refractivity contribution in [2.24, 2.45) is 5.41 Å². The maximum atomic E-state index is 12.1. The SMILES string of the molecule is CC1(C(=O)O)C=C(CCBr)C(Br)=C(C(=O)O)C1c1ccccc1Cl. The molecule has 0 aromatic heterocycles. The van der Waals surface area contributed by atoms with Crippen molar-refractivity contribution >= 4 is 55.4 Å². The molecule has 0 heterocycles. The first kappa shape index (κ1) is 19.2. The Morgan fingerprint density at radius 3 is 2.42 bits per heavy atom. The zero-order valence-electron chi connectivity index (χ0n) is 12.7. The lowest BCUT2D eigenvalue weighted by Gasteiger charge is -2.37. The molecule has 2 atom stereocenters. The highest BCUT2D eigenvalue weighted by molar-refractivity contribution is 9.12. The van der Waals surface area contributed by atoms with Crippen molar-refractivity contribution in [2.45, 2.75) is 19.3 Å². The van der Waals surface area contributed by atoms with E-state index in [1.54, 1.807) is 30.3 Å². The fourth-order valence-corrected chi connectivity index (χ4v) is 4.37. The Balaban J connectivity index is 2.80. The molecule has 0 saturated carbocycles. The van der Waals surface area contributed by atoms with E-state index in [1.165, 1.54) is 6.92 Å². The number of aliphatic carboxylic acids is 2. The molecule has 2 unspecified atom stereocenters. The maximum Gasteiger partial charge on any atom is 0.333 e. The van der Waals surface area contributed by atoms with Crippen LogP contribution in [0.5, 0.6) is 0 Å². The summed E-state index contributed by atoms with van der Waals surface area (Å²) in [6.45, 7) is 1.53. The summed E-state index contributed by atoms with van der Waals surface area (Å²) in [6.07, 6.45) is 2.14. The molecule has 1 aromatic carbocycles. The average Bonchev–Trinajstić information content (AvgIpc) is 2.51. The van der Waals surface area contributed by atoms with Gasteiger partial charge in [-0.15, -0.1) is 0 Å². The lowest BCUT2D eigenvalue weighted by atomic mass is 9.65. The Bertz CT molecular complexity index is 757. The molecule has 0 bridgehead atoms. The van der Waals surface area contributed by atoms with Crippen molar-refractivity contribution in [3.63, 3.8) is 0 Å². The van der Waals surface area contributed by atoms with Crippen LogP contribution >= 0.6 is 43.5 Å². The summed E-state index contributed by atoms with van der Waals surface area (Å²) < 4.78 is 0.415. The van der Waals surface area contributed by atoms with Crippen LogP contribution in [0.25, 0.3) is 0 Å². The van der Waals surface area contributed by atoms with Crippen LogP contribution in [-0.4, -0.2) is 27.5 Å². The number of halogens is 3. The van der Waals surface area contributed by atoms with Gasteiger partial charge in [-0.3, -0.25) is 4.79 Å². The van der Waals surface area contributed by atoms with Crippen LogP contribution in [0.2, 0.25) is 5.02 Å². The maximum absolute atomic E-state index is 12.1. The molecule has 4 nitrogen and oxygen atoms in total. The zero-order valence-corrected chi connectivity index (χ0v) is 16.7. The summed E-state index contributed by atoms with van der Waals surface area (Å²) in [5.74, 6) is -3.17. The van der Waals surface area contributed by atoms with Gasteiger partial charge >= 0.3 is 11.9 Å². The number of hydrogen-bond acceptors (Lipinski definition) is 2. The quantitative estimate of drug-likeness (QED) is 0.586. The Morgan fingerprint density at radius 1 is 1.29 bits per heavy atom. The van der Waals surface area contributed by atoms with Crippen molar-refractivity contribution in [3.05, 3.63) is 56.6 Å². The predicted octanol–water partition coefficient (Wildman–Crippen LogP) is 4.97. The van der Waals surface area contributed by atoms with E-state index >= 15 is 0 Å². The number of benzene rings is 1. The van der Waals surface area contributed by atoms with E-state index in [2.05, 4.69) is 31.9 Å². The van der Waals surface area contributed by atoms with Gasteiger partial charge in [0.05, 0.1) is 11.0 Å². The van der Waals surface area contributed by atoms with Crippen molar-refractivity contribution in [3.8, 4) is 0 Å². The van der Waals surface area contributed by atoms with Crippen LogP contribution in [-0.2, 0) is 9.59 Å². The molecule has 0 amide bonds. The molecule has 1 aromatic rings. The lowest BCUT2D eigenvalue weighted by Crippen LogP contribution is -2.38. The molecule has 1 aliphatic rings. The first-order valence-electron chi connectivity index (χ1n) is 7.12. The molecule has 0 fully saturated rings. The van der Waals surface area contributed by atoms with Crippen LogP contribution in [0.15, 0.2) is 46.0 Å². The van der Waals surface area contributed by atoms with E-state index < -0.39 is 23.3 Å². The lowest BCUT2D eigenvalue weighted by molar-refractivity contribution is -0.146. The van der Waals surface area contributed by atoms with E-state index in [-0.39, 0.29) is 5.57 Å². The Hall–Kier alpha value is -1.11. The second-order valence-corrected chi connectivity index (χ2v) is 7.68. The van der Waals surface area contributed by atoms with Gasteiger partial charge in [0, 0.05) is 20.8 Å². The molecular formula is C17H15Br2ClO4. The normalized spacial score (nSPS) is 23.8. The topological polar surface area (TPSA) is 74.6 Å². The Kier molecular flexibility index (Phi) is 5.94. The number of carboxylic acid groups (broad SMARTS) is 2. The van der Waals surface area contributed by atoms with Gasteiger partial charge in [-0.2, -0.15) is 0 Å². The molecular weight excluding hydrogens is 463 g/mol. The van der Waals surface area contributed by atoms with Crippen LogP contribution in [0.1, 0.15) is 24.8 Å². The summed E-state index contributed by atoms with van der Waals surface area (Å²) in [4.78, 5) is 24.0. The second kappa shape index (κ2) is 7.42. The molecule has 24 heavy (non-hydrogen) atoms. The minimum Gasteiger partial charge on any atom is -0.481 e. The fourth-order valence-electron chi connectivity index (χ4n) is 2.98. The molecule has 2 rings (SSSR count). The monoisotopic (exact) mass is 476 g/mol. The standard InChI is InChI=1S/C17H15Br2ClO4/c1-17(16(23)24)8-9(6-7-18)14(19)12(15(21)22)13(17)10-4-2-3-5-11(10)20/h2-5,8,13H,6-7H2,1H3,(H,21,22)(H,23,24). The van der Waals surface area contributed by atoms with Gasteiger partial charge in [0.25, 0.3) is 0 Å². The molecule has 0 spiro atoms. The molecule has 128 valence electrons. The van der Waals surface area contributed by atoms with Crippen molar-refractivity contribution in [1.82, 2.24) is 0 Å². The summed E-state index contributed by atoms with van der Waals surface area (Å²) in [7, 11) is 0. The van der Waals surface area contributed by atoms with Gasteiger partial charge in [-0.25, -0.2) is 4.79 Å². The number of carbonyl (C=O) groups is 2. The minimum absolute atomic E-state index is 0.00597. The van der Waals surface area contributed by atoms with E-state index in [4.69, 9.17) is 11.6 Å². The number of rotatable bonds is 5. The Morgan fingerprint density at radius 2 is 1.92 bits per heavy atom. The smallest absolute Gasteiger partial charge is 0.333 e. The largest absolute Gasteiger partial charge is 0.481 e. The second-order valence-electron chi connectivity index (χ2n) is 5.68.